The van der Waals surface area contributed by atoms with Crippen molar-refractivity contribution in [2.75, 3.05) is 39.1 Å². The molecule has 186 valence electrons. The molecule has 0 aromatic heterocycles. The van der Waals surface area contributed by atoms with E-state index in [4.69, 9.17) is 18.9 Å². The second kappa shape index (κ2) is 12.7. The third-order valence-electron chi connectivity index (χ3n) is 5.11. The zero-order chi connectivity index (χ0) is 25.9. The SMILES string of the molecule is COc1cc(OC)c(C=CC(=O)Nc2ccc(OC)c(NC(=O)C=Cc3ccccc3)c2)c(OC)c1. The molecule has 3 rings (SSSR count). The molecular formula is C28H28N2O6. The number of ether oxygens (including phenoxy) is 4. The molecule has 0 fully saturated rings. The summed E-state index contributed by atoms with van der Waals surface area (Å²) in [6.45, 7) is 0. The molecule has 0 spiro atoms. The Labute approximate surface area is 210 Å². The van der Waals surface area contributed by atoms with Crippen LogP contribution < -0.4 is 29.6 Å². The summed E-state index contributed by atoms with van der Waals surface area (Å²) in [6.07, 6.45) is 6.09. The molecule has 0 atom stereocenters. The zero-order valence-electron chi connectivity index (χ0n) is 20.5. The van der Waals surface area contributed by atoms with Crippen molar-refractivity contribution in [3.8, 4) is 23.0 Å². The average molecular weight is 489 g/mol. The molecule has 3 aromatic carbocycles. The maximum Gasteiger partial charge on any atom is 0.248 e. The lowest BCUT2D eigenvalue weighted by Gasteiger charge is -2.13. The van der Waals surface area contributed by atoms with Gasteiger partial charge in [0.2, 0.25) is 11.8 Å². The molecule has 0 aliphatic rings. The van der Waals surface area contributed by atoms with Gasteiger partial charge in [-0.25, -0.2) is 0 Å². The first kappa shape index (κ1) is 25.9. The number of rotatable bonds is 10. The molecule has 3 aromatic rings. The largest absolute Gasteiger partial charge is 0.496 e. The predicted molar refractivity (Wildman–Crippen MR) is 141 cm³/mol. The molecule has 0 bridgehead atoms. The van der Waals surface area contributed by atoms with Crippen molar-refractivity contribution >= 4 is 35.3 Å². The van der Waals surface area contributed by atoms with Crippen LogP contribution in [0.3, 0.4) is 0 Å². The van der Waals surface area contributed by atoms with Crippen LogP contribution in [0.1, 0.15) is 11.1 Å². The summed E-state index contributed by atoms with van der Waals surface area (Å²) >= 11 is 0. The maximum absolute atomic E-state index is 12.6. The van der Waals surface area contributed by atoms with E-state index in [-0.39, 0.29) is 11.8 Å². The monoisotopic (exact) mass is 488 g/mol. The van der Waals surface area contributed by atoms with Crippen molar-refractivity contribution in [3.63, 3.8) is 0 Å². The van der Waals surface area contributed by atoms with Crippen LogP contribution in [0, 0.1) is 0 Å². The smallest absolute Gasteiger partial charge is 0.248 e. The highest BCUT2D eigenvalue weighted by Gasteiger charge is 2.12. The quantitative estimate of drug-likeness (QED) is 0.389. The van der Waals surface area contributed by atoms with Crippen LogP contribution in [0.25, 0.3) is 12.2 Å². The number of hydrogen-bond donors (Lipinski definition) is 2. The Kier molecular flexibility index (Phi) is 9.11. The Balaban J connectivity index is 1.74. The first-order valence-corrected chi connectivity index (χ1v) is 11.0. The van der Waals surface area contributed by atoms with Gasteiger partial charge in [0, 0.05) is 30.0 Å². The molecule has 0 aliphatic heterocycles. The lowest BCUT2D eigenvalue weighted by Crippen LogP contribution is -2.11. The van der Waals surface area contributed by atoms with Crippen LogP contribution in [-0.4, -0.2) is 40.3 Å². The molecule has 0 heterocycles. The van der Waals surface area contributed by atoms with Gasteiger partial charge >= 0.3 is 0 Å². The highest BCUT2D eigenvalue weighted by atomic mass is 16.5. The number of anilines is 2. The van der Waals surface area contributed by atoms with Gasteiger partial charge in [0.15, 0.2) is 0 Å². The molecule has 2 amide bonds. The maximum atomic E-state index is 12.6. The number of benzene rings is 3. The van der Waals surface area contributed by atoms with Gasteiger partial charge in [-0.15, -0.1) is 0 Å². The van der Waals surface area contributed by atoms with Crippen molar-refractivity contribution in [1.82, 2.24) is 0 Å². The van der Waals surface area contributed by atoms with Crippen LogP contribution in [0.4, 0.5) is 11.4 Å². The second-order valence-electron chi connectivity index (χ2n) is 7.42. The third kappa shape index (κ3) is 6.89. The van der Waals surface area contributed by atoms with E-state index in [2.05, 4.69) is 10.6 Å². The summed E-state index contributed by atoms with van der Waals surface area (Å²) in [5.74, 6) is 1.29. The van der Waals surface area contributed by atoms with E-state index in [1.165, 1.54) is 33.5 Å². The average Bonchev–Trinajstić information content (AvgIpc) is 2.91. The molecule has 2 N–H and O–H groups in total. The third-order valence-corrected chi connectivity index (χ3v) is 5.11. The van der Waals surface area contributed by atoms with Gasteiger partial charge in [0.25, 0.3) is 0 Å². The fraction of sp³-hybridized carbons (Fsp3) is 0.143. The highest BCUT2D eigenvalue weighted by Crippen LogP contribution is 2.35. The first-order valence-electron chi connectivity index (χ1n) is 11.0. The minimum Gasteiger partial charge on any atom is -0.496 e. The molecule has 36 heavy (non-hydrogen) atoms. The molecule has 0 unspecified atom stereocenters. The van der Waals surface area contributed by atoms with Crippen molar-refractivity contribution in [1.29, 1.82) is 0 Å². The number of carbonyl (C=O) groups is 2. The van der Waals surface area contributed by atoms with Gasteiger partial charge in [-0.3, -0.25) is 9.59 Å². The predicted octanol–water partition coefficient (Wildman–Crippen LogP) is 5.02. The van der Waals surface area contributed by atoms with Gasteiger partial charge in [0.05, 0.1) is 39.7 Å². The summed E-state index contributed by atoms with van der Waals surface area (Å²) in [7, 11) is 6.09. The summed E-state index contributed by atoms with van der Waals surface area (Å²) in [6, 6.07) is 17.8. The zero-order valence-corrected chi connectivity index (χ0v) is 20.5. The van der Waals surface area contributed by atoms with Gasteiger partial charge in [-0.05, 0) is 35.9 Å². The number of amides is 2. The number of hydrogen-bond acceptors (Lipinski definition) is 6. The van der Waals surface area contributed by atoms with Crippen molar-refractivity contribution in [3.05, 3.63) is 83.9 Å². The second-order valence-corrected chi connectivity index (χ2v) is 7.42. The molecule has 8 heteroatoms. The van der Waals surface area contributed by atoms with E-state index in [1.807, 2.05) is 30.3 Å². The van der Waals surface area contributed by atoms with Crippen molar-refractivity contribution in [2.45, 2.75) is 0 Å². The van der Waals surface area contributed by atoms with Crippen LogP contribution in [0.15, 0.2) is 72.8 Å². The summed E-state index contributed by atoms with van der Waals surface area (Å²) in [5.41, 5.74) is 2.38. The fourth-order valence-corrected chi connectivity index (χ4v) is 3.33. The number of carbonyl (C=O) groups excluding carboxylic acids is 2. The standard InChI is InChI=1S/C28H28N2O6/c1-33-21-17-25(35-3)22(26(18-21)36-4)12-15-27(31)29-20-11-13-24(34-2)23(16-20)30-28(32)14-10-19-8-6-5-7-9-19/h5-18H,1-4H3,(H,29,31)(H,30,32). The number of methoxy groups -OCH3 is 4. The molecule has 0 saturated carbocycles. The first-order chi connectivity index (χ1) is 17.5. The molecule has 8 nitrogen and oxygen atoms in total. The normalized spacial score (nSPS) is 10.8. The van der Waals surface area contributed by atoms with Crippen LogP contribution in [-0.2, 0) is 9.59 Å². The lowest BCUT2D eigenvalue weighted by atomic mass is 10.1. The van der Waals surface area contributed by atoms with E-state index < -0.39 is 0 Å². The van der Waals surface area contributed by atoms with E-state index in [1.54, 1.807) is 49.6 Å². The Hall–Kier alpha value is -4.72. The Morgan fingerprint density at radius 3 is 1.89 bits per heavy atom. The van der Waals surface area contributed by atoms with Crippen LogP contribution in [0.2, 0.25) is 0 Å². The van der Waals surface area contributed by atoms with Crippen LogP contribution in [0.5, 0.6) is 23.0 Å². The summed E-state index contributed by atoms with van der Waals surface area (Å²) < 4.78 is 21.4. The van der Waals surface area contributed by atoms with E-state index in [0.29, 0.717) is 39.9 Å². The van der Waals surface area contributed by atoms with Gasteiger partial charge in [-0.1, -0.05) is 30.3 Å². The van der Waals surface area contributed by atoms with E-state index >= 15 is 0 Å². The topological polar surface area (TPSA) is 95.1 Å². The fourth-order valence-electron chi connectivity index (χ4n) is 3.33. The Bertz CT molecular complexity index is 1240. The van der Waals surface area contributed by atoms with Gasteiger partial charge in [0.1, 0.15) is 23.0 Å². The van der Waals surface area contributed by atoms with Crippen molar-refractivity contribution in [2.24, 2.45) is 0 Å². The molecule has 0 radical (unpaired) electrons. The van der Waals surface area contributed by atoms with Gasteiger partial charge in [-0.2, -0.15) is 0 Å². The molecule has 0 saturated heterocycles. The van der Waals surface area contributed by atoms with Gasteiger partial charge < -0.3 is 29.6 Å². The lowest BCUT2D eigenvalue weighted by molar-refractivity contribution is -0.112. The summed E-state index contributed by atoms with van der Waals surface area (Å²) in [4.78, 5) is 25.1. The minimum atomic E-state index is -0.388. The van der Waals surface area contributed by atoms with Crippen molar-refractivity contribution < 1.29 is 28.5 Å². The summed E-state index contributed by atoms with van der Waals surface area (Å²) in [5, 5.41) is 5.55. The Morgan fingerprint density at radius 1 is 0.667 bits per heavy atom. The minimum absolute atomic E-state index is 0.334. The Morgan fingerprint density at radius 2 is 1.28 bits per heavy atom. The highest BCUT2D eigenvalue weighted by molar-refractivity contribution is 6.05. The molecular weight excluding hydrogens is 460 g/mol. The van der Waals surface area contributed by atoms with E-state index in [0.717, 1.165) is 5.56 Å². The van der Waals surface area contributed by atoms with E-state index in [9.17, 15) is 9.59 Å². The van der Waals surface area contributed by atoms with Crippen LogP contribution >= 0.6 is 0 Å². The number of nitrogens with one attached hydrogen (secondary N) is 2. The molecule has 0 aliphatic carbocycles.